The Kier molecular flexibility index (Phi) is 3.74. The van der Waals surface area contributed by atoms with Gasteiger partial charge >= 0.3 is 0 Å². The fourth-order valence-electron chi connectivity index (χ4n) is 2.62. The molecule has 1 aromatic rings. The van der Waals surface area contributed by atoms with Crippen molar-refractivity contribution in [1.29, 1.82) is 0 Å². The van der Waals surface area contributed by atoms with Gasteiger partial charge in [-0.2, -0.15) is 0 Å². The van der Waals surface area contributed by atoms with Gasteiger partial charge in [0.05, 0.1) is 5.02 Å². The Morgan fingerprint density at radius 2 is 2.29 bits per heavy atom. The molecule has 1 fully saturated rings. The zero-order valence-electron chi connectivity index (χ0n) is 10.8. The van der Waals surface area contributed by atoms with E-state index < -0.39 is 0 Å². The van der Waals surface area contributed by atoms with E-state index >= 15 is 0 Å². The summed E-state index contributed by atoms with van der Waals surface area (Å²) in [5, 5.41) is 4.38. The summed E-state index contributed by atoms with van der Waals surface area (Å²) in [5.41, 5.74) is 1.70. The molecular formula is C14H21ClN2. The van der Waals surface area contributed by atoms with E-state index in [-0.39, 0.29) is 0 Å². The first-order valence-electron chi connectivity index (χ1n) is 6.36. The fraction of sp³-hybridized carbons (Fsp3) is 0.643. The van der Waals surface area contributed by atoms with E-state index in [1.807, 2.05) is 12.3 Å². The van der Waals surface area contributed by atoms with Crippen molar-refractivity contribution >= 4 is 11.6 Å². The van der Waals surface area contributed by atoms with E-state index in [0.717, 1.165) is 23.9 Å². The molecule has 0 saturated heterocycles. The summed E-state index contributed by atoms with van der Waals surface area (Å²) in [7, 11) is 0. The van der Waals surface area contributed by atoms with Crippen molar-refractivity contribution in [2.24, 2.45) is 11.3 Å². The van der Waals surface area contributed by atoms with E-state index in [9.17, 15) is 0 Å². The molecule has 0 spiro atoms. The summed E-state index contributed by atoms with van der Waals surface area (Å²) < 4.78 is 0. The lowest BCUT2D eigenvalue weighted by Crippen LogP contribution is -2.34. The Bertz CT molecular complexity index is 390. The summed E-state index contributed by atoms with van der Waals surface area (Å²) >= 11 is 6.17. The molecule has 0 aromatic carbocycles. The molecule has 1 N–H and O–H groups in total. The van der Waals surface area contributed by atoms with Crippen molar-refractivity contribution in [2.75, 3.05) is 6.54 Å². The van der Waals surface area contributed by atoms with Crippen molar-refractivity contribution in [3.8, 4) is 0 Å². The van der Waals surface area contributed by atoms with Crippen LogP contribution in [-0.4, -0.2) is 17.6 Å². The molecule has 0 radical (unpaired) electrons. The maximum atomic E-state index is 6.17. The minimum absolute atomic E-state index is 0.492. The van der Waals surface area contributed by atoms with Crippen LogP contribution in [0.25, 0.3) is 0 Å². The number of likely N-dealkylation sites (N-methyl/N-ethyl adjacent to an activating group) is 1. The summed E-state index contributed by atoms with van der Waals surface area (Å²) in [4.78, 5) is 4.03. The van der Waals surface area contributed by atoms with E-state index in [1.54, 1.807) is 6.20 Å². The monoisotopic (exact) mass is 252 g/mol. The molecule has 17 heavy (non-hydrogen) atoms. The minimum atomic E-state index is 0.492. The molecule has 2 unspecified atom stereocenters. The van der Waals surface area contributed by atoms with Crippen LogP contribution in [-0.2, 0) is 6.42 Å². The van der Waals surface area contributed by atoms with Crippen LogP contribution in [0, 0.1) is 11.3 Å². The largest absolute Gasteiger partial charge is 0.314 e. The predicted molar refractivity (Wildman–Crippen MR) is 72.3 cm³/mol. The first kappa shape index (κ1) is 12.8. The van der Waals surface area contributed by atoms with Crippen LogP contribution in [0.5, 0.6) is 0 Å². The number of hydrogen-bond acceptors (Lipinski definition) is 2. The van der Waals surface area contributed by atoms with Crippen LogP contribution in [0.1, 0.15) is 32.8 Å². The summed E-state index contributed by atoms with van der Waals surface area (Å²) in [6.45, 7) is 7.86. The fourth-order valence-corrected chi connectivity index (χ4v) is 2.82. The zero-order chi connectivity index (χ0) is 12.5. The summed E-state index contributed by atoms with van der Waals surface area (Å²) in [6.07, 6.45) is 5.87. The van der Waals surface area contributed by atoms with Gasteiger partial charge in [0.2, 0.25) is 0 Å². The number of nitrogens with zero attached hydrogens (tertiary/aromatic N) is 1. The number of nitrogens with one attached hydrogen (secondary N) is 1. The normalized spacial score (nSPS) is 23.4. The molecule has 1 aliphatic rings. The molecule has 3 heteroatoms. The van der Waals surface area contributed by atoms with Gasteiger partial charge in [0.15, 0.2) is 0 Å². The Morgan fingerprint density at radius 1 is 1.59 bits per heavy atom. The van der Waals surface area contributed by atoms with E-state index in [1.165, 1.54) is 12.0 Å². The molecule has 94 valence electrons. The van der Waals surface area contributed by atoms with Crippen molar-refractivity contribution in [3.05, 3.63) is 29.0 Å². The van der Waals surface area contributed by atoms with Gasteiger partial charge in [-0.15, -0.1) is 0 Å². The average Bonchev–Trinajstić information content (AvgIpc) is 2.90. The number of halogens is 1. The maximum absolute atomic E-state index is 6.17. The van der Waals surface area contributed by atoms with Gasteiger partial charge in [0.1, 0.15) is 0 Å². The molecule has 2 rings (SSSR count). The van der Waals surface area contributed by atoms with Crippen molar-refractivity contribution in [1.82, 2.24) is 10.3 Å². The molecule has 0 bridgehead atoms. The smallest absolute Gasteiger partial charge is 0.0621 e. The first-order valence-corrected chi connectivity index (χ1v) is 6.74. The van der Waals surface area contributed by atoms with E-state index in [4.69, 9.17) is 11.6 Å². The minimum Gasteiger partial charge on any atom is -0.314 e. The molecule has 1 aliphatic carbocycles. The van der Waals surface area contributed by atoms with Crippen LogP contribution in [0.4, 0.5) is 0 Å². The van der Waals surface area contributed by atoms with Crippen LogP contribution in [0.3, 0.4) is 0 Å². The van der Waals surface area contributed by atoms with Crippen LogP contribution < -0.4 is 5.32 Å². The van der Waals surface area contributed by atoms with Gasteiger partial charge in [-0.05, 0) is 42.3 Å². The Morgan fingerprint density at radius 3 is 2.82 bits per heavy atom. The molecule has 0 amide bonds. The second-order valence-electron chi connectivity index (χ2n) is 5.63. The first-order chi connectivity index (χ1) is 8.04. The Balaban J connectivity index is 2.06. The molecular weight excluding hydrogens is 232 g/mol. The Labute approximate surface area is 109 Å². The number of pyridine rings is 1. The highest BCUT2D eigenvalue weighted by Crippen LogP contribution is 2.54. The molecule has 1 aromatic heterocycles. The lowest BCUT2D eigenvalue weighted by Gasteiger charge is -2.20. The highest BCUT2D eigenvalue weighted by atomic mass is 35.5. The predicted octanol–water partition coefficient (Wildman–Crippen LogP) is 3.30. The summed E-state index contributed by atoms with van der Waals surface area (Å²) in [5.74, 6) is 0.770. The van der Waals surface area contributed by atoms with Gasteiger partial charge in [0.25, 0.3) is 0 Å². The van der Waals surface area contributed by atoms with Crippen LogP contribution in [0.2, 0.25) is 5.02 Å². The molecule has 2 atom stereocenters. The molecule has 1 heterocycles. The molecule has 1 saturated carbocycles. The van der Waals surface area contributed by atoms with Gasteiger partial charge in [-0.3, -0.25) is 4.98 Å². The molecule has 0 aliphatic heterocycles. The van der Waals surface area contributed by atoms with Gasteiger partial charge < -0.3 is 5.32 Å². The summed E-state index contributed by atoms with van der Waals surface area (Å²) in [6, 6.07) is 2.57. The van der Waals surface area contributed by atoms with Crippen LogP contribution in [0.15, 0.2) is 18.5 Å². The molecule has 2 nitrogen and oxygen atoms in total. The van der Waals surface area contributed by atoms with Crippen molar-refractivity contribution < 1.29 is 0 Å². The van der Waals surface area contributed by atoms with Gasteiger partial charge in [-0.1, -0.05) is 32.4 Å². The van der Waals surface area contributed by atoms with Crippen molar-refractivity contribution in [3.63, 3.8) is 0 Å². The highest BCUT2D eigenvalue weighted by molar-refractivity contribution is 6.31. The topological polar surface area (TPSA) is 24.9 Å². The second kappa shape index (κ2) is 4.95. The third-order valence-corrected chi connectivity index (χ3v) is 4.18. The van der Waals surface area contributed by atoms with Crippen LogP contribution >= 0.6 is 11.6 Å². The third-order valence-electron chi connectivity index (χ3n) is 3.84. The number of rotatable bonds is 5. The Hall–Kier alpha value is -0.600. The lowest BCUT2D eigenvalue weighted by atomic mass is 9.97. The lowest BCUT2D eigenvalue weighted by molar-refractivity contribution is 0.409. The number of aromatic nitrogens is 1. The van der Waals surface area contributed by atoms with E-state index in [2.05, 4.69) is 31.1 Å². The van der Waals surface area contributed by atoms with Gasteiger partial charge in [0, 0.05) is 18.4 Å². The highest BCUT2D eigenvalue weighted by Gasteiger charge is 2.49. The van der Waals surface area contributed by atoms with Gasteiger partial charge in [-0.25, -0.2) is 0 Å². The maximum Gasteiger partial charge on any atom is 0.0621 e. The average molecular weight is 253 g/mol. The second-order valence-corrected chi connectivity index (χ2v) is 6.04. The SMILES string of the molecule is CCNC(Cc1ccncc1Cl)C1CC1(C)C. The third kappa shape index (κ3) is 2.99. The number of hydrogen-bond donors (Lipinski definition) is 1. The quantitative estimate of drug-likeness (QED) is 0.870. The zero-order valence-corrected chi connectivity index (χ0v) is 11.6. The van der Waals surface area contributed by atoms with E-state index in [0.29, 0.717) is 11.5 Å². The van der Waals surface area contributed by atoms with Crippen molar-refractivity contribution in [2.45, 2.75) is 39.7 Å². The standard InChI is InChI=1S/C14H21ClN2/c1-4-17-13(11-8-14(11,2)3)7-10-5-6-16-9-12(10)15/h5-6,9,11,13,17H,4,7-8H2,1-3H3.